The normalized spacial score (nSPS) is 11.7. The van der Waals surface area contributed by atoms with Crippen molar-refractivity contribution in [2.45, 2.75) is 29.3 Å². The van der Waals surface area contributed by atoms with E-state index < -0.39 is 0 Å². The van der Waals surface area contributed by atoms with Crippen LogP contribution in [0.1, 0.15) is 25.6 Å². The Morgan fingerprint density at radius 3 is 2.56 bits per heavy atom. The van der Waals surface area contributed by atoms with E-state index in [9.17, 15) is 0 Å². The second-order valence-electron chi connectivity index (χ2n) is 5.88. The van der Waals surface area contributed by atoms with E-state index in [-0.39, 0.29) is 0 Å². The molecule has 128 valence electrons. The first kappa shape index (κ1) is 16.6. The van der Waals surface area contributed by atoms with Gasteiger partial charge in [0.05, 0.1) is 11.9 Å². The summed E-state index contributed by atoms with van der Waals surface area (Å²) < 4.78 is 4.70. The molecule has 0 radical (unpaired) electrons. The Morgan fingerprint density at radius 2 is 1.92 bits per heavy atom. The molecule has 0 spiro atoms. The van der Waals surface area contributed by atoms with Crippen LogP contribution in [0.3, 0.4) is 0 Å². The van der Waals surface area contributed by atoms with E-state index in [1.165, 1.54) is 23.1 Å². The van der Waals surface area contributed by atoms with Gasteiger partial charge in [0.15, 0.2) is 9.50 Å². The molecule has 3 heterocycles. The highest BCUT2D eigenvalue weighted by molar-refractivity contribution is 8.01. The van der Waals surface area contributed by atoms with Gasteiger partial charge in [-0.05, 0) is 23.9 Å². The smallest absolute Gasteiger partial charge is 0.213 e. The van der Waals surface area contributed by atoms with Gasteiger partial charge in [0.2, 0.25) is 4.96 Å². The summed E-state index contributed by atoms with van der Waals surface area (Å²) in [6.45, 7) is 4.21. The molecular weight excluding hydrogens is 376 g/mol. The molecule has 0 saturated carbocycles. The zero-order valence-electron chi connectivity index (χ0n) is 13.8. The predicted molar refractivity (Wildman–Crippen MR) is 101 cm³/mol. The largest absolute Gasteiger partial charge is 0.309 e. The standard InChI is InChI=1S/C16H15ClN6S2/c1-9(2)13-19-20-15(22(13)3)25-16-21-23-8-12(18-14(23)24-16)10-4-6-11(17)7-5-10/h4-9H,1-3H3. The number of imidazole rings is 1. The first-order chi connectivity index (χ1) is 12.0. The second-order valence-corrected chi connectivity index (χ2v) is 8.49. The number of halogens is 1. The zero-order chi connectivity index (χ0) is 17.6. The van der Waals surface area contributed by atoms with Crippen LogP contribution in [0.25, 0.3) is 16.2 Å². The molecule has 6 nitrogen and oxygen atoms in total. The van der Waals surface area contributed by atoms with Crippen LogP contribution in [0.4, 0.5) is 0 Å². The molecule has 0 bridgehead atoms. The molecular formula is C16H15ClN6S2. The Hall–Kier alpha value is -1.90. The maximum absolute atomic E-state index is 5.94. The fourth-order valence-corrected chi connectivity index (χ4v) is 4.43. The highest BCUT2D eigenvalue weighted by Crippen LogP contribution is 2.32. The third-order valence-corrected chi connectivity index (χ3v) is 5.99. The lowest BCUT2D eigenvalue weighted by molar-refractivity contribution is 0.679. The highest BCUT2D eigenvalue weighted by Gasteiger charge is 2.16. The van der Waals surface area contributed by atoms with Crippen LogP contribution in [0, 0.1) is 0 Å². The van der Waals surface area contributed by atoms with Crippen LogP contribution < -0.4 is 0 Å². The molecule has 0 fully saturated rings. The fraction of sp³-hybridized carbons (Fsp3) is 0.250. The van der Waals surface area contributed by atoms with Crippen molar-refractivity contribution in [3.8, 4) is 11.3 Å². The third-order valence-electron chi connectivity index (χ3n) is 3.73. The van der Waals surface area contributed by atoms with E-state index in [1.807, 2.05) is 42.1 Å². The van der Waals surface area contributed by atoms with E-state index in [0.29, 0.717) is 10.9 Å². The van der Waals surface area contributed by atoms with Crippen molar-refractivity contribution in [3.63, 3.8) is 0 Å². The average Bonchev–Trinajstić information content (AvgIpc) is 3.22. The molecule has 0 unspecified atom stereocenters. The lowest BCUT2D eigenvalue weighted by atomic mass is 10.2. The first-order valence-corrected chi connectivity index (χ1v) is 9.71. The zero-order valence-corrected chi connectivity index (χ0v) is 16.2. The van der Waals surface area contributed by atoms with Crippen molar-refractivity contribution >= 4 is 39.7 Å². The molecule has 3 aromatic heterocycles. The summed E-state index contributed by atoms with van der Waals surface area (Å²) in [6, 6.07) is 7.63. The summed E-state index contributed by atoms with van der Waals surface area (Å²) in [4.78, 5) is 5.50. The SMILES string of the molecule is CC(C)c1nnc(Sc2nn3cc(-c4ccc(Cl)cc4)nc3s2)n1C. The quantitative estimate of drug-likeness (QED) is 0.513. The number of rotatable bonds is 4. The van der Waals surface area contributed by atoms with Crippen LogP contribution in [0.5, 0.6) is 0 Å². The molecule has 4 rings (SSSR count). The summed E-state index contributed by atoms with van der Waals surface area (Å²) in [5.41, 5.74) is 1.90. The maximum atomic E-state index is 5.94. The van der Waals surface area contributed by atoms with E-state index in [2.05, 4.69) is 34.1 Å². The van der Waals surface area contributed by atoms with E-state index >= 15 is 0 Å². The van der Waals surface area contributed by atoms with E-state index in [4.69, 9.17) is 11.6 Å². The molecule has 9 heteroatoms. The summed E-state index contributed by atoms with van der Waals surface area (Å²) in [5.74, 6) is 1.30. The third kappa shape index (κ3) is 3.17. The molecule has 0 aliphatic rings. The highest BCUT2D eigenvalue weighted by atomic mass is 35.5. The number of fused-ring (bicyclic) bond motifs is 1. The number of hydrogen-bond donors (Lipinski definition) is 0. The molecule has 0 aliphatic carbocycles. The summed E-state index contributed by atoms with van der Waals surface area (Å²) in [7, 11) is 1.98. The van der Waals surface area contributed by atoms with Gasteiger partial charge >= 0.3 is 0 Å². The molecule has 0 aliphatic heterocycles. The van der Waals surface area contributed by atoms with Gasteiger partial charge in [0, 0.05) is 23.6 Å². The molecule has 4 aromatic rings. The Labute approximate surface area is 157 Å². The first-order valence-electron chi connectivity index (χ1n) is 7.70. The van der Waals surface area contributed by atoms with Crippen molar-refractivity contribution in [2.75, 3.05) is 0 Å². The summed E-state index contributed by atoms with van der Waals surface area (Å²) >= 11 is 8.98. The van der Waals surface area contributed by atoms with Gasteiger partial charge in [-0.15, -0.1) is 15.3 Å². The lowest BCUT2D eigenvalue weighted by Crippen LogP contribution is -2.00. The van der Waals surface area contributed by atoms with Gasteiger partial charge in [0.25, 0.3) is 0 Å². The van der Waals surface area contributed by atoms with Gasteiger partial charge in [-0.2, -0.15) is 0 Å². The van der Waals surface area contributed by atoms with Crippen molar-refractivity contribution in [3.05, 3.63) is 41.3 Å². The minimum atomic E-state index is 0.336. The van der Waals surface area contributed by atoms with Crippen molar-refractivity contribution in [1.29, 1.82) is 0 Å². The van der Waals surface area contributed by atoms with Crippen molar-refractivity contribution in [1.82, 2.24) is 29.4 Å². The molecule has 0 atom stereocenters. The monoisotopic (exact) mass is 390 g/mol. The molecule has 1 aromatic carbocycles. The van der Waals surface area contributed by atoms with Crippen molar-refractivity contribution in [2.24, 2.45) is 7.05 Å². The number of aromatic nitrogens is 6. The molecule has 25 heavy (non-hydrogen) atoms. The van der Waals surface area contributed by atoms with Crippen molar-refractivity contribution < 1.29 is 0 Å². The van der Waals surface area contributed by atoms with Crippen LogP contribution in [0.15, 0.2) is 40.0 Å². The van der Waals surface area contributed by atoms with Crippen LogP contribution in [-0.2, 0) is 7.05 Å². The van der Waals surface area contributed by atoms with E-state index in [0.717, 1.165) is 31.5 Å². The minimum Gasteiger partial charge on any atom is -0.309 e. The number of benzene rings is 1. The summed E-state index contributed by atoms with van der Waals surface area (Å²) in [6.07, 6.45) is 1.93. The van der Waals surface area contributed by atoms with Crippen LogP contribution in [-0.4, -0.2) is 29.4 Å². The van der Waals surface area contributed by atoms with Crippen LogP contribution in [0.2, 0.25) is 5.02 Å². The fourth-order valence-electron chi connectivity index (χ4n) is 2.48. The Bertz CT molecular complexity index is 999. The van der Waals surface area contributed by atoms with Gasteiger partial charge in [-0.3, -0.25) is 0 Å². The minimum absolute atomic E-state index is 0.336. The average molecular weight is 391 g/mol. The molecule has 0 amide bonds. The Balaban J connectivity index is 1.60. The lowest BCUT2D eigenvalue weighted by Gasteiger charge is -2.04. The Kier molecular flexibility index (Phi) is 4.26. The topological polar surface area (TPSA) is 60.9 Å². The van der Waals surface area contributed by atoms with Gasteiger partial charge < -0.3 is 4.57 Å². The maximum Gasteiger partial charge on any atom is 0.213 e. The molecule has 0 saturated heterocycles. The number of hydrogen-bond acceptors (Lipinski definition) is 6. The van der Waals surface area contributed by atoms with Gasteiger partial charge in [-0.25, -0.2) is 9.50 Å². The van der Waals surface area contributed by atoms with E-state index in [1.54, 1.807) is 4.52 Å². The summed E-state index contributed by atoms with van der Waals surface area (Å²) in [5, 5.41) is 14.7. The van der Waals surface area contributed by atoms with Gasteiger partial charge in [-0.1, -0.05) is 48.9 Å². The number of nitrogens with zero attached hydrogens (tertiary/aromatic N) is 6. The Morgan fingerprint density at radius 1 is 1.16 bits per heavy atom. The predicted octanol–water partition coefficient (Wildman–Crippen LogP) is 4.51. The van der Waals surface area contributed by atoms with Gasteiger partial charge in [0.1, 0.15) is 5.82 Å². The second kappa shape index (κ2) is 6.44. The molecule has 0 N–H and O–H groups in total. The van der Waals surface area contributed by atoms with Crippen LogP contribution >= 0.6 is 34.7 Å².